The molecule has 2 heterocycles. The van der Waals surface area contributed by atoms with Crippen molar-refractivity contribution in [3.63, 3.8) is 0 Å². The predicted octanol–water partition coefficient (Wildman–Crippen LogP) is 0.186. The van der Waals surface area contributed by atoms with E-state index in [1.165, 1.54) is 19.6 Å². The van der Waals surface area contributed by atoms with Crippen LogP contribution >= 0.6 is 0 Å². The molecular weight excluding hydrogens is 270 g/mol. The molecule has 19 heavy (non-hydrogen) atoms. The maximum absolute atomic E-state index is 12.2. The van der Waals surface area contributed by atoms with Gasteiger partial charge in [-0.05, 0) is 0 Å². The Morgan fingerprint density at radius 2 is 2.21 bits per heavy atom. The molecule has 2 rings (SSSR count). The fraction of sp³-hybridized carbons (Fsp3) is 0.500. The van der Waals surface area contributed by atoms with Gasteiger partial charge in [0.15, 0.2) is 10.9 Å². The molecule has 0 saturated heterocycles. The minimum Gasteiger partial charge on any atom is -0.339 e. The smallest absolute Gasteiger partial charge is 0.262 e. The van der Waals surface area contributed by atoms with Crippen LogP contribution < -0.4 is 0 Å². The van der Waals surface area contributed by atoms with Crippen LogP contribution in [0.4, 0.5) is 0 Å². The van der Waals surface area contributed by atoms with Crippen molar-refractivity contribution in [3.05, 3.63) is 24.2 Å². The normalized spacial score (nSPS) is 12.2. The maximum atomic E-state index is 12.2. The molecule has 8 nitrogen and oxygen atoms in total. The Morgan fingerprint density at radius 3 is 2.74 bits per heavy atom. The molecule has 0 spiro atoms. The summed E-state index contributed by atoms with van der Waals surface area (Å²) in [5.41, 5.74) is 0. The third-order valence-electron chi connectivity index (χ3n) is 2.54. The van der Waals surface area contributed by atoms with Crippen LogP contribution in [-0.4, -0.2) is 39.5 Å². The molecular formula is C10H15N5O3S. The van der Waals surface area contributed by atoms with E-state index in [2.05, 4.69) is 15.1 Å². The molecule has 0 unspecified atom stereocenters. The van der Waals surface area contributed by atoms with Crippen molar-refractivity contribution < 1.29 is 12.9 Å². The number of rotatable bonds is 5. The van der Waals surface area contributed by atoms with Crippen molar-refractivity contribution in [2.45, 2.75) is 24.9 Å². The van der Waals surface area contributed by atoms with Gasteiger partial charge in [0, 0.05) is 26.7 Å². The lowest BCUT2D eigenvalue weighted by Gasteiger charge is -2.12. The van der Waals surface area contributed by atoms with Crippen LogP contribution in [0.15, 0.2) is 22.1 Å². The van der Waals surface area contributed by atoms with Crippen LogP contribution in [0.1, 0.15) is 18.6 Å². The van der Waals surface area contributed by atoms with E-state index < -0.39 is 10.0 Å². The quantitative estimate of drug-likeness (QED) is 0.778. The molecule has 9 heteroatoms. The largest absolute Gasteiger partial charge is 0.339 e. The highest BCUT2D eigenvalue weighted by atomic mass is 32.2. The second-order valence-corrected chi connectivity index (χ2v) is 6.09. The Hall–Kier alpha value is -1.74. The van der Waals surface area contributed by atoms with Gasteiger partial charge >= 0.3 is 0 Å². The Balaban J connectivity index is 2.17. The van der Waals surface area contributed by atoms with Gasteiger partial charge in [-0.3, -0.25) is 0 Å². The van der Waals surface area contributed by atoms with Crippen molar-refractivity contribution in [1.82, 2.24) is 24.0 Å². The van der Waals surface area contributed by atoms with E-state index in [1.807, 2.05) is 6.92 Å². The fourth-order valence-corrected chi connectivity index (χ4v) is 2.53. The molecule has 0 N–H and O–H groups in total. The Kier molecular flexibility index (Phi) is 3.67. The molecule has 0 aliphatic rings. The van der Waals surface area contributed by atoms with Gasteiger partial charge in [-0.25, -0.2) is 13.4 Å². The summed E-state index contributed by atoms with van der Waals surface area (Å²) >= 11 is 0. The third-order valence-corrected chi connectivity index (χ3v) is 4.23. The molecule has 2 aromatic rings. The first-order chi connectivity index (χ1) is 8.93. The molecule has 104 valence electrons. The highest BCUT2D eigenvalue weighted by molar-refractivity contribution is 7.89. The van der Waals surface area contributed by atoms with Gasteiger partial charge in [-0.15, -0.1) is 0 Å². The zero-order valence-electron chi connectivity index (χ0n) is 10.9. The number of sulfonamides is 1. The molecule has 0 saturated carbocycles. The van der Waals surface area contributed by atoms with Crippen LogP contribution in [0, 0.1) is 0 Å². The summed E-state index contributed by atoms with van der Waals surface area (Å²) in [5, 5.41) is 3.71. The molecule has 0 radical (unpaired) electrons. The van der Waals surface area contributed by atoms with Crippen molar-refractivity contribution in [2.75, 3.05) is 7.05 Å². The standard InChI is InChI=1S/C10H15N5O3S/c1-4-8-12-9(18-13-8)5-15(3)19(16,17)10-6-14(2)7-11-10/h6-7H,4-5H2,1-3H3. The Labute approximate surface area is 111 Å². The van der Waals surface area contributed by atoms with Crippen LogP contribution in [0.25, 0.3) is 0 Å². The van der Waals surface area contributed by atoms with Crippen LogP contribution in [0.2, 0.25) is 0 Å². The number of imidazole rings is 1. The van der Waals surface area contributed by atoms with Gasteiger partial charge in [0.2, 0.25) is 5.89 Å². The Morgan fingerprint density at radius 1 is 1.47 bits per heavy atom. The van der Waals surface area contributed by atoms with E-state index in [-0.39, 0.29) is 17.5 Å². The van der Waals surface area contributed by atoms with Crippen LogP contribution in [0.3, 0.4) is 0 Å². The lowest BCUT2D eigenvalue weighted by atomic mass is 10.5. The van der Waals surface area contributed by atoms with E-state index in [0.29, 0.717) is 12.2 Å². The summed E-state index contributed by atoms with van der Waals surface area (Å²) in [7, 11) is -0.490. The van der Waals surface area contributed by atoms with Gasteiger partial charge < -0.3 is 9.09 Å². The topological polar surface area (TPSA) is 94.1 Å². The SMILES string of the molecule is CCc1noc(CN(C)S(=O)(=O)c2cn(C)cn2)n1. The van der Waals surface area contributed by atoms with Gasteiger partial charge in [-0.2, -0.15) is 9.29 Å². The minimum atomic E-state index is -3.64. The molecule has 0 aliphatic heterocycles. The third kappa shape index (κ3) is 2.82. The summed E-state index contributed by atoms with van der Waals surface area (Å²) in [6, 6.07) is 0. The van der Waals surface area contributed by atoms with Gasteiger partial charge in [0.05, 0.1) is 12.9 Å². The van der Waals surface area contributed by atoms with E-state index in [4.69, 9.17) is 4.52 Å². The average Bonchev–Trinajstić information content (AvgIpc) is 2.98. The van der Waals surface area contributed by atoms with Crippen molar-refractivity contribution >= 4 is 10.0 Å². The summed E-state index contributed by atoms with van der Waals surface area (Å²) < 4.78 is 32.0. The number of aromatic nitrogens is 4. The summed E-state index contributed by atoms with van der Waals surface area (Å²) in [5.74, 6) is 0.817. The van der Waals surface area contributed by atoms with Crippen molar-refractivity contribution in [2.24, 2.45) is 7.05 Å². The first-order valence-electron chi connectivity index (χ1n) is 5.69. The monoisotopic (exact) mass is 285 g/mol. The molecule has 0 aromatic carbocycles. The zero-order chi connectivity index (χ0) is 14.0. The first kappa shape index (κ1) is 13.7. The van der Waals surface area contributed by atoms with Gasteiger partial charge in [-0.1, -0.05) is 12.1 Å². The average molecular weight is 285 g/mol. The highest BCUT2D eigenvalue weighted by Gasteiger charge is 2.25. The first-order valence-corrected chi connectivity index (χ1v) is 7.13. The Bertz CT molecular complexity index is 660. The lowest BCUT2D eigenvalue weighted by Crippen LogP contribution is -2.27. The highest BCUT2D eigenvalue weighted by Crippen LogP contribution is 2.13. The lowest BCUT2D eigenvalue weighted by molar-refractivity contribution is 0.333. The maximum Gasteiger partial charge on any atom is 0.262 e. The number of aryl methyl sites for hydroxylation is 2. The van der Waals surface area contributed by atoms with Crippen molar-refractivity contribution in [1.29, 1.82) is 0 Å². The number of nitrogens with zero attached hydrogens (tertiary/aromatic N) is 5. The predicted molar refractivity (Wildman–Crippen MR) is 65.5 cm³/mol. The second-order valence-electron chi connectivity index (χ2n) is 4.10. The van der Waals surface area contributed by atoms with E-state index in [9.17, 15) is 8.42 Å². The fourth-order valence-electron chi connectivity index (χ4n) is 1.46. The van der Waals surface area contributed by atoms with Gasteiger partial charge in [0.25, 0.3) is 10.0 Å². The van der Waals surface area contributed by atoms with E-state index in [0.717, 1.165) is 4.31 Å². The zero-order valence-corrected chi connectivity index (χ0v) is 11.8. The summed E-state index contributed by atoms with van der Waals surface area (Å²) in [4.78, 5) is 7.91. The second kappa shape index (κ2) is 5.10. The molecule has 2 aromatic heterocycles. The molecule has 0 amide bonds. The van der Waals surface area contributed by atoms with E-state index >= 15 is 0 Å². The van der Waals surface area contributed by atoms with Crippen LogP contribution in [-0.2, 0) is 30.0 Å². The summed E-state index contributed by atoms with van der Waals surface area (Å²) in [6.07, 6.45) is 3.51. The number of hydrogen-bond donors (Lipinski definition) is 0. The van der Waals surface area contributed by atoms with Gasteiger partial charge in [0.1, 0.15) is 0 Å². The number of hydrogen-bond acceptors (Lipinski definition) is 6. The molecule has 0 atom stereocenters. The van der Waals surface area contributed by atoms with E-state index in [1.54, 1.807) is 11.6 Å². The molecule has 0 bridgehead atoms. The van der Waals surface area contributed by atoms with Crippen molar-refractivity contribution in [3.8, 4) is 0 Å². The summed E-state index contributed by atoms with van der Waals surface area (Å²) in [6.45, 7) is 1.91. The minimum absolute atomic E-state index is 0.00673. The van der Waals surface area contributed by atoms with Crippen LogP contribution in [0.5, 0.6) is 0 Å². The molecule has 0 aliphatic carbocycles. The molecule has 0 fully saturated rings.